The van der Waals surface area contributed by atoms with Gasteiger partial charge in [0.1, 0.15) is 5.75 Å². The minimum atomic E-state index is -0.339. The molecule has 2 aromatic rings. The van der Waals surface area contributed by atoms with Crippen molar-refractivity contribution in [2.24, 2.45) is 0 Å². The summed E-state index contributed by atoms with van der Waals surface area (Å²) in [5.74, 6) is 0.641. The van der Waals surface area contributed by atoms with Crippen molar-refractivity contribution in [2.75, 3.05) is 6.26 Å². The van der Waals surface area contributed by atoms with Crippen LogP contribution in [-0.2, 0) is 6.54 Å². The predicted molar refractivity (Wildman–Crippen MR) is 86.7 cm³/mol. The summed E-state index contributed by atoms with van der Waals surface area (Å²) in [5.41, 5.74) is 0.819. The highest BCUT2D eigenvalue weighted by atomic mass is 32.2. The van der Waals surface area contributed by atoms with E-state index in [4.69, 9.17) is 4.74 Å². The van der Waals surface area contributed by atoms with Crippen LogP contribution < -0.4 is 10.1 Å². The van der Waals surface area contributed by atoms with Gasteiger partial charge in [0.25, 0.3) is 0 Å². The molecule has 0 unspecified atom stereocenters. The van der Waals surface area contributed by atoms with Gasteiger partial charge in [-0.25, -0.2) is 4.39 Å². The van der Waals surface area contributed by atoms with Crippen molar-refractivity contribution in [2.45, 2.75) is 31.3 Å². The van der Waals surface area contributed by atoms with Crippen LogP contribution in [0.2, 0.25) is 0 Å². The van der Waals surface area contributed by atoms with Gasteiger partial charge in [-0.1, -0.05) is 38.1 Å². The van der Waals surface area contributed by atoms with Gasteiger partial charge >= 0.3 is 0 Å². The molecule has 112 valence electrons. The third-order valence-electron chi connectivity index (χ3n) is 3.03. The van der Waals surface area contributed by atoms with E-state index in [1.807, 2.05) is 36.6 Å². The number of benzene rings is 2. The van der Waals surface area contributed by atoms with Gasteiger partial charge in [-0.3, -0.25) is 0 Å². The molecule has 0 saturated heterocycles. The van der Waals surface area contributed by atoms with Gasteiger partial charge in [0.05, 0.1) is 0 Å². The Kier molecular flexibility index (Phi) is 5.65. The lowest BCUT2D eigenvalue weighted by Gasteiger charge is -2.15. The highest BCUT2D eigenvalue weighted by Crippen LogP contribution is 2.34. The van der Waals surface area contributed by atoms with Crippen LogP contribution in [0.25, 0.3) is 0 Å². The molecule has 2 nitrogen and oxygen atoms in total. The second-order valence-electron chi connectivity index (χ2n) is 5.02. The minimum Gasteiger partial charge on any atom is -0.453 e. The zero-order chi connectivity index (χ0) is 15.2. The third kappa shape index (κ3) is 4.22. The van der Waals surface area contributed by atoms with Crippen molar-refractivity contribution >= 4 is 11.8 Å². The molecule has 0 saturated carbocycles. The van der Waals surface area contributed by atoms with E-state index in [9.17, 15) is 4.39 Å². The standard InChI is InChI=1S/C17H20FNOS/c1-12(2)19-11-13-7-6-8-14(18)17(13)20-15-9-4-5-10-16(15)21-3/h4-10,12,19H,11H2,1-3H3. The summed E-state index contributed by atoms with van der Waals surface area (Å²) in [6.07, 6.45) is 1.98. The van der Waals surface area contributed by atoms with Crippen molar-refractivity contribution in [3.05, 3.63) is 53.8 Å². The van der Waals surface area contributed by atoms with Crippen LogP contribution >= 0.6 is 11.8 Å². The highest BCUT2D eigenvalue weighted by Gasteiger charge is 2.13. The van der Waals surface area contributed by atoms with Gasteiger partial charge < -0.3 is 10.1 Å². The van der Waals surface area contributed by atoms with Crippen LogP contribution in [0.1, 0.15) is 19.4 Å². The SMILES string of the molecule is CSc1ccccc1Oc1c(F)cccc1CNC(C)C. The average molecular weight is 305 g/mol. The summed E-state index contributed by atoms with van der Waals surface area (Å²) in [6, 6.07) is 13.0. The lowest BCUT2D eigenvalue weighted by atomic mass is 10.2. The van der Waals surface area contributed by atoms with Crippen LogP contribution in [-0.4, -0.2) is 12.3 Å². The lowest BCUT2D eigenvalue weighted by Crippen LogP contribution is -2.22. The summed E-state index contributed by atoms with van der Waals surface area (Å²) in [6.45, 7) is 4.69. The van der Waals surface area contributed by atoms with Crippen molar-refractivity contribution in [3.8, 4) is 11.5 Å². The number of rotatable bonds is 6. The largest absolute Gasteiger partial charge is 0.453 e. The Hall–Kier alpha value is -1.52. The molecule has 0 heterocycles. The molecule has 2 rings (SSSR count). The summed E-state index contributed by atoms with van der Waals surface area (Å²) in [4.78, 5) is 0.989. The first-order chi connectivity index (χ1) is 10.1. The first kappa shape index (κ1) is 15.9. The van der Waals surface area contributed by atoms with Crippen molar-refractivity contribution in [3.63, 3.8) is 0 Å². The molecule has 0 spiro atoms. The monoisotopic (exact) mass is 305 g/mol. The number of hydrogen-bond donors (Lipinski definition) is 1. The van der Waals surface area contributed by atoms with E-state index in [0.29, 0.717) is 24.1 Å². The molecule has 0 aliphatic carbocycles. The van der Waals surface area contributed by atoms with Crippen LogP contribution in [0.5, 0.6) is 11.5 Å². The Balaban J connectivity index is 2.30. The Morgan fingerprint density at radius 3 is 2.62 bits per heavy atom. The molecule has 0 radical (unpaired) electrons. The zero-order valence-corrected chi connectivity index (χ0v) is 13.3. The van der Waals surface area contributed by atoms with E-state index in [1.165, 1.54) is 6.07 Å². The van der Waals surface area contributed by atoms with Crippen LogP contribution in [0.15, 0.2) is 47.4 Å². The molecule has 2 aromatic carbocycles. The third-order valence-corrected chi connectivity index (χ3v) is 3.81. The zero-order valence-electron chi connectivity index (χ0n) is 12.5. The van der Waals surface area contributed by atoms with Crippen molar-refractivity contribution in [1.82, 2.24) is 5.32 Å². The van der Waals surface area contributed by atoms with E-state index in [-0.39, 0.29) is 5.82 Å². The smallest absolute Gasteiger partial charge is 0.167 e. The first-order valence-electron chi connectivity index (χ1n) is 6.93. The average Bonchev–Trinajstić information content (AvgIpc) is 2.48. The fourth-order valence-electron chi connectivity index (χ4n) is 1.93. The second-order valence-corrected chi connectivity index (χ2v) is 5.86. The Morgan fingerprint density at radius 1 is 1.14 bits per heavy atom. The van der Waals surface area contributed by atoms with Gasteiger partial charge in [0.2, 0.25) is 0 Å². The van der Waals surface area contributed by atoms with Crippen LogP contribution in [0.4, 0.5) is 4.39 Å². The summed E-state index contributed by atoms with van der Waals surface area (Å²) < 4.78 is 20.0. The van der Waals surface area contributed by atoms with Gasteiger partial charge in [-0.05, 0) is 24.5 Å². The van der Waals surface area contributed by atoms with Gasteiger partial charge in [-0.2, -0.15) is 0 Å². The van der Waals surface area contributed by atoms with Crippen molar-refractivity contribution in [1.29, 1.82) is 0 Å². The number of nitrogens with one attached hydrogen (secondary N) is 1. The topological polar surface area (TPSA) is 21.3 Å². The molecule has 1 N–H and O–H groups in total. The maximum Gasteiger partial charge on any atom is 0.167 e. The van der Waals surface area contributed by atoms with E-state index in [1.54, 1.807) is 17.8 Å². The number of hydrogen-bond acceptors (Lipinski definition) is 3. The van der Waals surface area contributed by atoms with Gasteiger partial charge in [0, 0.05) is 23.0 Å². The Bertz CT molecular complexity index is 601. The summed E-state index contributed by atoms with van der Waals surface area (Å²) >= 11 is 1.58. The van der Waals surface area contributed by atoms with Crippen molar-refractivity contribution < 1.29 is 9.13 Å². The molecule has 0 bridgehead atoms. The Labute approximate surface area is 129 Å². The molecule has 0 aromatic heterocycles. The van der Waals surface area contributed by atoms with E-state index >= 15 is 0 Å². The molecule has 0 fully saturated rings. The molecule has 0 amide bonds. The highest BCUT2D eigenvalue weighted by molar-refractivity contribution is 7.98. The predicted octanol–water partition coefficient (Wildman–Crippen LogP) is 4.84. The van der Waals surface area contributed by atoms with E-state index in [0.717, 1.165) is 10.5 Å². The number of para-hydroxylation sites is 2. The molecule has 4 heteroatoms. The molecular weight excluding hydrogens is 285 g/mol. The second kappa shape index (κ2) is 7.48. The molecule has 21 heavy (non-hydrogen) atoms. The van der Waals surface area contributed by atoms with Crippen LogP contribution in [0, 0.1) is 5.82 Å². The van der Waals surface area contributed by atoms with Crippen LogP contribution in [0.3, 0.4) is 0 Å². The number of thioether (sulfide) groups is 1. The summed E-state index contributed by atoms with van der Waals surface area (Å²) in [5, 5.41) is 3.29. The maximum absolute atomic E-state index is 14.1. The first-order valence-corrected chi connectivity index (χ1v) is 8.16. The van der Waals surface area contributed by atoms with Gasteiger partial charge in [0.15, 0.2) is 11.6 Å². The summed E-state index contributed by atoms with van der Waals surface area (Å²) in [7, 11) is 0. The molecule has 0 aliphatic rings. The minimum absolute atomic E-state index is 0.298. The Morgan fingerprint density at radius 2 is 1.90 bits per heavy atom. The number of halogens is 1. The van der Waals surface area contributed by atoms with E-state index < -0.39 is 0 Å². The lowest BCUT2D eigenvalue weighted by molar-refractivity contribution is 0.423. The molecule has 0 aliphatic heterocycles. The fraction of sp³-hybridized carbons (Fsp3) is 0.294. The quantitative estimate of drug-likeness (QED) is 0.772. The van der Waals surface area contributed by atoms with E-state index in [2.05, 4.69) is 19.2 Å². The fourth-order valence-corrected chi connectivity index (χ4v) is 2.46. The molecular formula is C17H20FNOS. The normalized spacial score (nSPS) is 10.9. The van der Waals surface area contributed by atoms with Gasteiger partial charge in [-0.15, -0.1) is 11.8 Å². The maximum atomic E-state index is 14.1. The molecule has 0 atom stereocenters. The number of ether oxygens (including phenoxy) is 1.